The molecule has 1 aromatic carbocycles. The summed E-state index contributed by atoms with van der Waals surface area (Å²) >= 11 is 0. The summed E-state index contributed by atoms with van der Waals surface area (Å²) in [5, 5.41) is 0. The van der Waals surface area contributed by atoms with Crippen LogP contribution in [-0.2, 0) is 11.2 Å². The fourth-order valence-electron chi connectivity index (χ4n) is 3.66. The number of aromatic nitrogens is 1. The molecule has 1 aliphatic rings. The van der Waals surface area contributed by atoms with Gasteiger partial charge >= 0.3 is 5.97 Å². The number of esters is 1. The maximum absolute atomic E-state index is 12.9. The standard InChI is InChI=1S/C20H24N2O3/c1-12-7-8-16-15(10-12)6-5-9-22(16)11-17(23)19-13(2)18(14(3)21-19)20(24)25-4/h7-8,10,21H,5-6,9,11H2,1-4H3. The summed E-state index contributed by atoms with van der Waals surface area (Å²) in [7, 11) is 1.35. The number of carbonyl (C=O) groups is 2. The molecule has 2 heterocycles. The van der Waals surface area contributed by atoms with Crippen LogP contribution in [0.2, 0.25) is 0 Å². The number of Topliss-reactive ketones (excluding diaryl/α,β-unsaturated/α-hetero) is 1. The quantitative estimate of drug-likeness (QED) is 0.685. The molecule has 25 heavy (non-hydrogen) atoms. The Morgan fingerprint density at radius 2 is 2.00 bits per heavy atom. The Balaban J connectivity index is 1.86. The van der Waals surface area contributed by atoms with Crippen molar-refractivity contribution in [3.8, 4) is 0 Å². The van der Waals surface area contributed by atoms with Crippen molar-refractivity contribution in [2.24, 2.45) is 0 Å². The number of ketones is 1. The SMILES string of the molecule is COC(=O)c1c(C)[nH]c(C(=O)CN2CCCc3cc(C)ccc32)c1C. The molecule has 0 saturated carbocycles. The number of rotatable bonds is 4. The highest BCUT2D eigenvalue weighted by Crippen LogP contribution is 2.28. The van der Waals surface area contributed by atoms with Crippen molar-refractivity contribution < 1.29 is 14.3 Å². The molecule has 3 rings (SSSR count). The molecular weight excluding hydrogens is 316 g/mol. The molecule has 0 unspecified atom stereocenters. The van der Waals surface area contributed by atoms with E-state index < -0.39 is 5.97 Å². The van der Waals surface area contributed by atoms with Crippen molar-refractivity contribution in [1.29, 1.82) is 0 Å². The van der Waals surface area contributed by atoms with Gasteiger partial charge in [-0.3, -0.25) is 4.79 Å². The summed E-state index contributed by atoms with van der Waals surface area (Å²) in [5.41, 5.74) is 5.97. The molecule has 0 atom stereocenters. The zero-order chi connectivity index (χ0) is 18.1. The molecule has 0 aliphatic carbocycles. The Morgan fingerprint density at radius 3 is 2.72 bits per heavy atom. The topological polar surface area (TPSA) is 62.4 Å². The summed E-state index contributed by atoms with van der Waals surface area (Å²) in [6.45, 7) is 6.83. The molecule has 5 nitrogen and oxygen atoms in total. The van der Waals surface area contributed by atoms with Gasteiger partial charge in [0.1, 0.15) is 0 Å². The number of nitrogens with zero attached hydrogens (tertiary/aromatic N) is 1. The van der Waals surface area contributed by atoms with Crippen molar-refractivity contribution in [1.82, 2.24) is 4.98 Å². The Morgan fingerprint density at radius 1 is 1.24 bits per heavy atom. The Bertz CT molecular complexity index is 836. The number of aryl methyl sites for hydroxylation is 3. The molecule has 0 spiro atoms. The molecule has 2 aromatic rings. The number of ether oxygens (including phenoxy) is 1. The lowest BCUT2D eigenvalue weighted by molar-refractivity contribution is 0.0599. The molecular formula is C20H24N2O3. The smallest absolute Gasteiger partial charge is 0.339 e. The first-order valence-electron chi connectivity index (χ1n) is 8.57. The fraction of sp³-hybridized carbons (Fsp3) is 0.400. The highest BCUT2D eigenvalue weighted by atomic mass is 16.5. The third kappa shape index (κ3) is 3.18. The maximum Gasteiger partial charge on any atom is 0.339 e. The Labute approximate surface area is 148 Å². The number of H-pyrrole nitrogens is 1. The second kappa shape index (κ2) is 6.75. The number of aromatic amines is 1. The van der Waals surface area contributed by atoms with Crippen molar-refractivity contribution in [3.63, 3.8) is 0 Å². The van der Waals surface area contributed by atoms with Crippen molar-refractivity contribution in [3.05, 3.63) is 51.8 Å². The van der Waals surface area contributed by atoms with Gasteiger partial charge in [-0.15, -0.1) is 0 Å². The highest BCUT2D eigenvalue weighted by Gasteiger charge is 2.25. The number of methoxy groups -OCH3 is 1. The second-order valence-corrected chi connectivity index (χ2v) is 6.70. The molecule has 132 valence electrons. The lowest BCUT2D eigenvalue weighted by Gasteiger charge is -2.31. The van der Waals surface area contributed by atoms with E-state index in [4.69, 9.17) is 4.74 Å². The van der Waals surface area contributed by atoms with Gasteiger partial charge in [-0.05, 0) is 50.8 Å². The first-order chi connectivity index (χ1) is 11.9. The van der Waals surface area contributed by atoms with E-state index in [2.05, 4.69) is 35.0 Å². The van der Waals surface area contributed by atoms with Crippen LogP contribution in [0.3, 0.4) is 0 Å². The van der Waals surface area contributed by atoms with Gasteiger partial charge in [0, 0.05) is 17.9 Å². The minimum Gasteiger partial charge on any atom is -0.465 e. The van der Waals surface area contributed by atoms with Crippen molar-refractivity contribution in [2.45, 2.75) is 33.6 Å². The number of fused-ring (bicyclic) bond motifs is 1. The van der Waals surface area contributed by atoms with Crippen LogP contribution < -0.4 is 4.90 Å². The molecule has 0 amide bonds. The lowest BCUT2D eigenvalue weighted by Crippen LogP contribution is -2.34. The van der Waals surface area contributed by atoms with Crippen LogP contribution in [0, 0.1) is 20.8 Å². The van der Waals surface area contributed by atoms with Gasteiger partial charge in [0.2, 0.25) is 0 Å². The van der Waals surface area contributed by atoms with Gasteiger partial charge in [-0.25, -0.2) is 4.79 Å². The third-order valence-corrected chi connectivity index (χ3v) is 4.89. The summed E-state index contributed by atoms with van der Waals surface area (Å²) < 4.78 is 4.82. The number of anilines is 1. The predicted octanol–water partition coefficient (Wildman–Crippen LogP) is 3.36. The Hall–Kier alpha value is -2.56. The fourth-order valence-corrected chi connectivity index (χ4v) is 3.66. The van der Waals surface area contributed by atoms with Gasteiger partial charge in [0.05, 0.1) is 24.9 Å². The molecule has 0 fully saturated rings. The van der Waals surface area contributed by atoms with Gasteiger partial charge in [0.25, 0.3) is 0 Å². The Kier molecular flexibility index (Phi) is 4.66. The summed E-state index contributed by atoms with van der Waals surface area (Å²) in [5.74, 6) is -0.423. The minimum absolute atomic E-state index is 0.0100. The zero-order valence-corrected chi connectivity index (χ0v) is 15.2. The molecule has 1 N–H and O–H groups in total. The van der Waals surface area contributed by atoms with Gasteiger partial charge in [0.15, 0.2) is 5.78 Å². The largest absolute Gasteiger partial charge is 0.465 e. The van der Waals surface area contributed by atoms with E-state index >= 15 is 0 Å². The number of hydrogen-bond donors (Lipinski definition) is 1. The van der Waals surface area contributed by atoms with Crippen molar-refractivity contribution >= 4 is 17.4 Å². The third-order valence-electron chi connectivity index (χ3n) is 4.89. The first kappa shape index (κ1) is 17.3. The summed E-state index contributed by atoms with van der Waals surface area (Å²) in [6.07, 6.45) is 2.09. The maximum atomic E-state index is 12.9. The molecule has 1 aromatic heterocycles. The number of nitrogens with one attached hydrogen (secondary N) is 1. The van der Waals surface area contributed by atoms with E-state index in [9.17, 15) is 9.59 Å². The van der Waals surface area contributed by atoms with E-state index in [1.54, 1.807) is 13.8 Å². The predicted molar refractivity (Wildman–Crippen MR) is 97.6 cm³/mol. The van der Waals surface area contributed by atoms with Crippen LogP contribution in [0.4, 0.5) is 5.69 Å². The van der Waals surface area contributed by atoms with Gasteiger partial charge in [-0.1, -0.05) is 17.7 Å². The second-order valence-electron chi connectivity index (χ2n) is 6.70. The van der Waals surface area contributed by atoms with E-state index in [0.717, 1.165) is 25.1 Å². The van der Waals surface area contributed by atoms with Gasteiger partial charge < -0.3 is 14.6 Å². The first-order valence-corrected chi connectivity index (χ1v) is 8.57. The van der Waals surface area contributed by atoms with Crippen molar-refractivity contribution in [2.75, 3.05) is 25.1 Å². The molecule has 1 aliphatic heterocycles. The van der Waals surface area contributed by atoms with Crippen LogP contribution in [0.5, 0.6) is 0 Å². The van der Waals surface area contributed by atoms with Crippen LogP contribution in [-0.4, -0.2) is 36.9 Å². The van der Waals surface area contributed by atoms with E-state index in [0.29, 0.717) is 29.1 Å². The van der Waals surface area contributed by atoms with Crippen LogP contribution >= 0.6 is 0 Å². The molecule has 0 saturated heterocycles. The minimum atomic E-state index is -0.413. The van der Waals surface area contributed by atoms with Crippen LogP contribution in [0.25, 0.3) is 0 Å². The highest BCUT2D eigenvalue weighted by molar-refractivity contribution is 6.03. The van der Waals surface area contributed by atoms with E-state index in [1.807, 2.05) is 0 Å². The summed E-state index contributed by atoms with van der Waals surface area (Å²) in [6, 6.07) is 6.39. The van der Waals surface area contributed by atoms with Crippen LogP contribution in [0.1, 0.15) is 49.7 Å². The van der Waals surface area contributed by atoms with E-state index in [-0.39, 0.29) is 5.78 Å². The van der Waals surface area contributed by atoms with Gasteiger partial charge in [-0.2, -0.15) is 0 Å². The van der Waals surface area contributed by atoms with Crippen LogP contribution in [0.15, 0.2) is 18.2 Å². The normalized spacial score (nSPS) is 13.5. The number of benzene rings is 1. The summed E-state index contributed by atoms with van der Waals surface area (Å²) in [4.78, 5) is 30.0. The lowest BCUT2D eigenvalue weighted by atomic mass is 9.99. The molecule has 5 heteroatoms. The monoisotopic (exact) mass is 340 g/mol. The average molecular weight is 340 g/mol. The zero-order valence-electron chi connectivity index (χ0n) is 15.2. The number of hydrogen-bond acceptors (Lipinski definition) is 4. The number of carbonyl (C=O) groups excluding carboxylic acids is 2. The van der Waals surface area contributed by atoms with E-state index in [1.165, 1.54) is 18.2 Å². The molecule has 0 bridgehead atoms. The average Bonchev–Trinajstić information content (AvgIpc) is 2.88. The molecule has 0 radical (unpaired) electrons.